The van der Waals surface area contributed by atoms with Gasteiger partial charge in [0.25, 0.3) is 0 Å². The second-order valence-electron chi connectivity index (χ2n) is 8.88. The molecule has 1 N–H and O–H groups in total. The zero-order valence-electron chi connectivity index (χ0n) is 20.4. The minimum absolute atomic E-state index is 0.167. The highest BCUT2D eigenvalue weighted by atomic mass is 16.5. The van der Waals surface area contributed by atoms with Crippen LogP contribution in [0.1, 0.15) is 34.0 Å². The fourth-order valence-corrected chi connectivity index (χ4v) is 4.96. The van der Waals surface area contributed by atoms with Crippen LogP contribution in [0.25, 0.3) is 5.69 Å². The number of fused-ring (bicyclic) bond motifs is 3. The molecule has 5 rings (SSSR count). The highest BCUT2D eigenvalue weighted by Gasteiger charge is 2.33. The summed E-state index contributed by atoms with van der Waals surface area (Å²) in [5.41, 5.74) is 7.07. The third-order valence-electron chi connectivity index (χ3n) is 6.42. The Balaban J connectivity index is 1.64. The number of carbonyl (C=O) groups excluding carboxylic acids is 1. The molecule has 35 heavy (non-hydrogen) atoms. The molecule has 0 fully saturated rings. The summed E-state index contributed by atoms with van der Waals surface area (Å²) < 4.78 is 13.2. The molecule has 2 amide bonds. The second kappa shape index (κ2) is 9.22. The lowest BCUT2D eigenvalue weighted by molar-refractivity contribution is 0.194. The van der Waals surface area contributed by atoms with Gasteiger partial charge in [-0.25, -0.2) is 4.79 Å². The van der Waals surface area contributed by atoms with Crippen molar-refractivity contribution in [2.75, 3.05) is 19.5 Å². The first-order chi connectivity index (χ1) is 17.0. The van der Waals surface area contributed by atoms with Gasteiger partial charge in [0.15, 0.2) is 11.5 Å². The van der Waals surface area contributed by atoms with Gasteiger partial charge < -0.3 is 24.3 Å². The summed E-state index contributed by atoms with van der Waals surface area (Å²) in [6.07, 6.45) is 2.05. The van der Waals surface area contributed by atoms with Gasteiger partial charge in [0, 0.05) is 17.6 Å². The van der Waals surface area contributed by atoms with Crippen LogP contribution in [-0.4, -0.2) is 29.7 Å². The van der Waals surface area contributed by atoms with Gasteiger partial charge in [-0.15, -0.1) is 0 Å². The van der Waals surface area contributed by atoms with Gasteiger partial charge in [0.2, 0.25) is 0 Å². The molecule has 1 aliphatic rings. The maximum atomic E-state index is 13.9. The number of benzene rings is 3. The van der Waals surface area contributed by atoms with Crippen LogP contribution in [0.3, 0.4) is 0 Å². The van der Waals surface area contributed by atoms with Crippen LogP contribution in [0.15, 0.2) is 79.0 Å². The molecular weight excluding hydrogens is 438 g/mol. The monoisotopic (exact) mass is 467 g/mol. The fourth-order valence-electron chi connectivity index (χ4n) is 4.96. The number of aromatic nitrogens is 1. The number of amides is 2. The molecular formula is C29H29N3O3. The lowest BCUT2D eigenvalue weighted by atomic mass is 10.0. The van der Waals surface area contributed by atoms with Crippen LogP contribution < -0.4 is 14.8 Å². The molecule has 6 nitrogen and oxygen atoms in total. The van der Waals surface area contributed by atoms with E-state index in [2.05, 4.69) is 34.1 Å². The Hall–Kier alpha value is -4.19. The molecule has 178 valence electrons. The Labute approximate surface area is 205 Å². The van der Waals surface area contributed by atoms with E-state index in [9.17, 15) is 4.79 Å². The molecule has 2 heterocycles. The first kappa shape index (κ1) is 22.6. The van der Waals surface area contributed by atoms with Gasteiger partial charge in [0.1, 0.15) is 0 Å². The van der Waals surface area contributed by atoms with E-state index in [4.69, 9.17) is 9.47 Å². The van der Waals surface area contributed by atoms with Gasteiger partial charge in [-0.1, -0.05) is 30.3 Å². The van der Waals surface area contributed by atoms with Gasteiger partial charge >= 0.3 is 6.03 Å². The van der Waals surface area contributed by atoms with Crippen LogP contribution in [0.5, 0.6) is 11.5 Å². The predicted molar refractivity (Wildman–Crippen MR) is 138 cm³/mol. The third-order valence-corrected chi connectivity index (χ3v) is 6.42. The van der Waals surface area contributed by atoms with Gasteiger partial charge in [-0.3, -0.25) is 0 Å². The lowest BCUT2D eigenvalue weighted by Gasteiger charge is -2.31. The van der Waals surface area contributed by atoms with Crippen molar-refractivity contribution in [1.82, 2.24) is 9.47 Å². The second-order valence-corrected chi connectivity index (χ2v) is 8.88. The van der Waals surface area contributed by atoms with Crippen LogP contribution in [0.2, 0.25) is 0 Å². The number of hydrogen-bond donors (Lipinski definition) is 1. The summed E-state index contributed by atoms with van der Waals surface area (Å²) in [4.78, 5) is 15.8. The highest BCUT2D eigenvalue weighted by molar-refractivity contribution is 5.90. The van der Waals surface area contributed by atoms with E-state index < -0.39 is 0 Å². The number of methoxy groups -OCH3 is 2. The van der Waals surface area contributed by atoms with Crippen molar-refractivity contribution < 1.29 is 14.3 Å². The zero-order chi connectivity index (χ0) is 24.5. The number of hydrogen-bond acceptors (Lipinski definition) is 3. The molecule has 0 bridgehead atoms. The summed E-state index contributed by atoms with van der Waals surface area (Å²) in [6, 6.07) is 23.7. The van der Waals surface area contributed by atoms with Crippen molar-refractivity contribution in [1.29, 1.82) is 0 Å². The summed E-state index contributed by atoms with van der Waals surface area (Å²) in [7, 11) is 3.24. The average molecular weight is 468 g/mol. The van der Waals surface area contributed by atoms with E-state index in [1.165, 1.54) is 0 Å². The standard InChI is InChI=1S/C29H29N3O3/c1-19-14-20(2)16-23(15-19)30-29(33)32-18-22-8-5-6-9-24(22)31-13-7-10-25(31)28(32)21-11-12-26(34-3)27(17-21)35-4/h5-17,28H,18H2,1-4H3,(H,30,33). The first-order valence-corrected chi connectivity index (χ1v) is 11.6. The van der Waals surface area contributed by atoms with Crippen LogP contribution >= 0.6 is 0 Å². The number of anilines is 1. The van der Waals surface area contributed by atoms with Crippen LogP contribution in [0.4, 0.5) is 10.5 Å². The minimum atomic E-state index is -0.344. The molecule has 0 aliphatic carbocycles. The smallest absolute Gasteiger partial charge is 0.322 e. The Morgan fingerprint density at radius 1 is 0.886 bits per heavy atom. The largest absolute Gasteiger partial charge is 0.493 e. The highest BCUT2D eigenvalue weighted by Crippen LogP contribution is 2.39. The molecule has 6 heteroatoms. The molecule has 4 aromatic rings. The van der Waals surface area contributed by atoms with E-state index in [-0.39, 0.29) is 12.1 Å². The van der Waals surface area contributed by atoms with Gasteiger partial charge in [0.05, 0.1) is 32.5 Å². The van der Waals surface area contributed by atoms with Crippen LogP contribution in [-0.2, 0) is 6.54 Å². The molecule has 0 saturated heterocycles. The van der Waals surface area contributed by atoms with E-state index in [0.29, 0.717) is 18.0 Å². The predicted octanol–water partition coefficient (Wildman–Crippen LogP) is 6.25. The average Bonchev–Trinajstić information content (AvgIpc) is 3.27. The lowest BCUT2D eigenvalue weighted by Crippen LogP contribution is -2.38. The number of carbonyl (C=O) groups is 1. The number of nitrogens with zero attached hydrogens (tertiary/aromatic N) is 2. The van der Waals surface area contributed by atoms with Gasteiger partial charge in [-0.2, -0.15) is 0 Å². The molecule has 1 aromatic heterocycles. The van der Waals surface area contributed by atoms with Crippen molar-refractivity contribution in [3.8, 4) is 17.2 Å². The molecule has 1 unspecified atom stereocenters. The number of ether oxygens (including phenoxy) is 2. The van der Waals surface area contributed by atoms with Crippen molar-refractivity contribution in [3.05, 3.63) is 107 Å². The Kier molecular flexibility index (Phi) is 5.95. The Bertz CT molecular complexity index is 1370. The molecule has 0 radical (unpaired) electrons. The number of nitrogens with one attached hydrogen (secondary N) is 1. The van der Waals surface area contributed by atoms with Gasteiger partial charge in [-0.05, 0) is 78.6 Å². The van der Waals surface area contributed by atoms with Crippen molar-refractivity contribution in [2.45, 2.75) is 26.4 Å². The Morgan fingerprint density at radius 3 is 2.37 bits per heavy atom. The normalized spacial score (nSPS) is 14.5. The van der Waals surface area contributed by atoms with Crippen molar-refractivity contribution >= 4 is 11.7 Å². The third kappa shape index (κ3) is 4.23. The van der Waals surface area contributed by atoms with E-state index in [1.807, 2.05) is 73.5 Å². The molecule has 3 aromatic carbocycles. The maximum absolute atomic E-state index is 13.9. The molecule has 1 aliphatic heterocycles. The van der Waals surface area contributed by atoms with E-state index >= 15 is 0 Å². The summed E-state index contributed by atoms with van der Waals surface area (Å²) >= 11 is 0. The maximum Gasteiger partial charge on any atom is 0.322 e. The molecule has 0 saturated carbocycles. The number of para-hydroxylation sites is 1. The number of rotatable bonds is 4. The molecule has 0 spiro atoms. The van der Waals surface area contributed by atoms with Crippen LogP contribution in [0, 0.1) is 13.8 Å². The summed E-state index contributed by atoms with van der Waals surface area (Å²) in [5, 5.41) is 3.15. The van der Waals surface area contributed by atoms with E-state index in [0.717, 1.165) is 39.3 Å². The number of aryl methyl sites for hydroxylation is 2. The summed E-state index contributed by atoms with van der Waals surface area (Å²) in [6.45, 7) is 4.52. The molecule has 1 atom stereocenters. The van der Waals surface area contributed by atoms with Crippen molar-refractivity contribution in [3.63, 3.8) is 0 Å². The van der Waals surface area contributed by atoms with E-state index in [1.54, 1.807) is 14.2 Å². The Morgan fingerprint density at radius 2 is 1.63 bits per heavy atom. The SMILES string of the molecule is COc1ccc(C2c3cccn3-c3ccccc3CN2C(=O)Nc2cc(C)cc(C)c2)cc1OC. The quantitative estimate of drug-likeness (QED) is 0.386. The first-order valence-electron chi connectivity index (χ1n) is 11.6. The fraction of sp³-hybridized carbons (Fsp3) is 0.207. The van der Waals surface area contributed by atoms with Crippen molar-refractivity contribution in [2.24, 2.45) is 0 Å². The number of urea groups is 1. The topological polar surface area (TPSA) is 55.7 Å². The summed E-state index contributed by atoms with van der Waals surface area (Å²) in [5.74, 6) is 1.27. The zero-order valence-corrected chi connectivity index (χ0v) is 20.4. The minimum Gasteiger partial charge on any atom is -0.493 e.